The van der Waals surface area contributed by atoms with Crippen molar-refractivity contribution in [3.63, 3.8) is 0 Å². The molecule has 0 atom stereocenters. The first-order chi connectivity index (χ1) is 14.0. The van der Waals surface area contributed by atoms with Crippen molar-refractivity contribution in [3.05, 3.63) is 70.8 Å². The third kappa shape index (κ3) is 4.54. The Morgan fingerprint density at radius 1 is 1.31 bits per heavy atom. The van der Waals surface area contributed by atoms with E-state index in [0.717, 1.165) is 39.0 Å². The first-order valence-corrected chi connectivity index (χ1v) is 10.6. The van der Waals surface area contributed by atoms with E-state index in [9.17, 15) is 4.79 Å². The summed E-state index contributed by atoms with van der Waals surface area (Å²) in [4.78, 5) is 21.5. The molecule has 3 aromatic rings. The maximum absolute atomic E-state index is 10.9. The van der Waals surface area contributed by atoms with E-state index in [1.807, 2.05) is 37.3 Å². The van der Waals surface area contributed by atoms with Crippen LogP contribution in [0.15, 0.2) is 48.4 Å². The Labute approximate surface area is 174 Å². The van der Waals surface area contributed by atoms with Crippen molar-refractivity contribution >= 4 is 28.8 Å². The van der Waals surface area contributed by atoms with E-state index in [2.05, 4.69) is 23.3 Å². The molecule has 148 valence electrons. The number of hydrogen-bond donors (Lipinski definition) is 2. The molecule has 1 aromatic carbocycles. The number of rotatable bonds is 8. The molecule has 0 bridgehead atoms. The third-order valence-corrected chi connectivity index (χ3v) is 5.97. The number of aromatic nitrogens is 2. The zero-order valence-electron chi connectivity index (χ0n) is 16.3. The number of carbonyl (C=O) groups is 1. The van der Waals surface area contributed by atoms with Gasteiger partial charge in [-0.2, -0.15) is 0 Å². The lowest BCUT2D eigenvalue weighted by Gasteiger charge is -2.14. The second-order valence-electron chi connectivity index (χ2n) is 7.36. The first kappa shape index (κ1) is 19.3. The van der Waals surface area contributed by atoms with Crippen LogP contribution in [0, 0.1) is 6.92 Å². The third-order valence-electron chi connectivity index (χ3n) is 5.02. The maximum atomic E-state index is 10.9. The zero-order valence-corrected chi connectivity index (χ0v) is 17.1. The van der Waals surface area contributed by atoms with Gasteiger partial charge in [-0.1, -0.05) is 18.2 Å². The Kier molecular flexibility index (Phi) is 5.45. The zero-order chi connectivity index (χ0) is 20.4. The summed E-state index contributed by atoms with van der Waals surface area (Å²) < 4.78 is 0. The molecule has 0 radical (unpaired) electrons. The minimum atomic E-state index is -0.837. The van der Waals surface area contributed by atoms with Crippen LogP contribution in [0.5, 0.6) is 0 Å². The van der Waals surface area contributed by atoms with Crippen LogP contribution in [0.3, 0.4) is 0 Å². The molecule has 2 aromatic heterocycles. The van der Waals surface area contributed by atoms with E-state index in [1.165, 1.54) is 18.4 Å². The molecule has 6 heteroatoms. The first-order valence-electron chi connectivity index (χ1n) is 9.68. The second kappa shape index (κ2) is 8.17. The highest BCUT2D eigenvalue weighted by Gasteiger charge is 2.25. The number of nitrogens with one attached hydrogen (secondary N) is 1. The summed E-state index contributed by atoms with van der Waals surface area (Å²) in [5.41, 5.74) is 4.96. The van der Waals surface area contributed by atoms with Gasteiger partial charge in [-0.3, -0.25) is 4.79 Å². The molecule has 1 aliphatic rings. The van der Waals surface area contributed by atoms with Crippen LogP contribution in [-0.2, 0) is 17.6 Å². The molecule has 1 fully saturated rings. The SMILES string of the molecule is C=CCc1c(C)nc(-c2cc(C3CC3)cs2)nc1Nc1ccc(CC(=O)O)cc1. The van der Waals surface area contributed by atoms with Crippen LogP contribution in [0.1, 0.15) is 41.1 Å². The monoisotopic (exact) mass is 405 g/mol. The number of carboxylic acid groups (broad SMARTS) is 1. The van der Waals surface area contributed by atoms with Crippen molar-refractivity contribution in [2.45, 2.75) is 38.5 Å². The van der Waals surface area contributed by atoms with Crippen LogP contribution in [0.2, 0.25) is 0 Å². The standard InChI is InChI=1S/C23H23N3O2S/c1-3-4-19-14(2)24-23(20-12-17(13-29-20)16-7-8-16)26-22(19)25-18-9-5-15(6-10-18)11-21(27)28/h3,5-6,9-10,12-13,16H,1,4,7-8,11H2,2H3,(H,27,28)(H,24,25,26). The molecular weight excluding hydrogens is 382 g/mol. The van der Waals surface area contributed by atoms with Crippen molar-refractivity contribution in [2.24, 2.45) is 0 Å². The number of thiophene rings is 1. The Morgan fingerprint density at radius 2 is 2.07 bits per heavy atom. The topological polar surface area (TPSA) is 75.1 Å². The number of aryl methyl sites for hydroxylation is 1. The molecule has 29 heavy (non-hydrogen) atoms. The minimum Gasteiger partial charge on any atom is -0.481 e. The Hall–Kier alpha value is -2.99. The van der Waals surface area contributed by atoms with Crippen LogP contribution >= 0.6 is 11.3 Å². The Morgan fingerprint density at radius 3 is 2.72 bits per heavy atom. The van der Waals surface area contributed by atoms with E-state index in [-0.39, 0.29) is 6.42 Å². The fraction of sp³-hybridized carbons (Fsp3) is 0.261. The van der Waals surface area contributed by atoms with Gasteiger partial charge in [0.15, 0.2) is 5.82 Å². The normalized spacial score (nSPS) is 13.3. The molecule has 0 unspecified atom stereocenters. The lowest BCUT2D eigenvalue weighted by Crippen LogP contribution is -2.05. The van der Waals surface area contributed by atoms with Crippen LogP contribution in [-0.4, -0.2) is 21.0 Å². The van der Waals surface area contributed by atoms with E-state index in [0.29, 0.717) is 12.3 Å². The van der Waals surface area contributed by atoms with Gasteiger partial charge in [0.2, 0.25) is 0 Å². The molecule has 0 saturated heterocycles. The number of aliphatic carboxylic acids is 1. The van der Waals surface area contributed by atoms with Crippen molar-refractivity contribution in [2.75, 3.05) is 5.32 Å². The quantitative estimate of drug-likeness (QED) is 0.485. The summed E-state index contributed by atoms with van der Waals surface area (Å²) in [5.74, 6) is 1.37. The summed E-state index contributed by atoms with van der Waals surface area (Å²) in [5, 5.41) is 14.5. The fourth-order valence-electron chi connectivity index (χ4n) is 3.31. The summed E-state index contributed by atoms with van der Waals surface area (Å²) >= 11 is 1.69. The minimum absolute atomic E-state index is 0.0143. The van der Waals surface area contributed by atoms with Crippen molar-refractivity contribution in [1.82, 2.24) is 9.97 Å². The molecule has 0 amide bonds. The van der Waals surface area contributed by atoms with Gasteiger partial charge in [0.25, 0.3) is 0 Å². The van der Waals surface area contributed by atoms with Crippen molar-refractivity contribution < 1.29 is 9.90 Å². The molecule has 2 heterocycles. The van der Waals surface area contributed by atoms with Gasteiger partial charge in [0.05, 0.1) is 11.3 Å². The number of carboxylic acids is 1. The van der Waals surface area contributed by atoms with E-state index >= 15 is 0 Å². The van der Waals surface area contributed by atoms with Gasteiger partial charge in [-0.25, -0.2) is 9.97 Å². The Balaban J connectivity index is 1.65. The molecule has 0 spiro atoms. The molecule has 1 saturated carbocycles. The lowest BCUT2D eigenvalue weighted by atomic mass is 10.1. The number of nitrogens with zero attached hydrogens (tertiary/aromatic N) is 2. The van der Waals surface area contributed by atoms with Gasteiger partial charge in [0.1, 0.15) is 5.82 Å². The van der Waals surface area contributed by atoms with E-state index in [4.69, 9.17) is 15.1 Å². The van der Waals surface area contributed by atoms with Crippen LogP contribution in [0.25, 0.3) is 10.7 Å². The molecule has 0 aliphatic heterocycles. The highest BCUT2D eigenvalue weighted by Crippen LogP contribution is 2.43. The van der Waals surface area contributed by atoms with E-state index < -0.39 is 5.97 Å². The number of allylic oxidation sites excluding steroid dienone is 1. The average Bonchev–Trinajstić information content (AvgIpc) is 3.42. The van der Waals surface area contributed by atoms with Gasteiger partial charge in [0, 0.05) is 16.9 Å². The lowest BCUT2D eigenvalue weighted by molar-refractivity contribution is -0.136. The highest BCUT2D eigenvalue weighted by molar-refractivity contribution is 7.13. The summed E-state index contributed by atoms with van der Waals surface area (Å²) in [6.07, 6.45) is 5.09. The molecule has 5 nitrogen and oxygen atoms in total. The van der Waals surface area contributed by atoms with Crippen LogP contribution in [0.4, 0.5) is 11.5 Å². The van der Waals surface area contributed by atoms with Gasteiger partial charge in [-0.15, -0.1) is 17.9 Å². The van der Waals surface area contributed by atoms with Gasteiger partial charge < -0.3 is 10.4 Å². The van der Waals surface area contributed by atoms with Gasteiger partial charge >= 0.3 is 5.97 Å². The summed E-state index contributed by atoms with van der Waals surface area (Å²) in [7, 11) is 0. The number of hydrogen-bond acceptors (Lipinski definition) is 5. The molecule has 2 N–H and O–H groups in total. The highest BCUT2D eigenvalue weighted by atomic mass is 32.1. The predicted molar refractivity (Wildman–Crippen MR) is 117 cm³/mol. The van der Waals surface area contributed by atoms with Gasteiger partial charge in [-0.05, 0) is 66.8 Å². The predicted octanol–water partition coefficient (Wildman–Crippen LogP) is 5.49. The maximum Gasteiger partial charge on any atom is 0.307 e. The molecular formula is C23H23N3O2S. The summed E-state index contributed by atoms with van der Waals surface area (Å²) in [6.45, 7) is 5.86. The van der Waals surface area contributed by atoms with E-state index in [1.54, 1.807) is 11.3 Å². The fourth-order valence-corrected chi connectivity index (χ4v) is 4.24. The Bertz CT molecular complexity index is 1050. The van der Waals surface area contributed by atoms with Crippen LogP contribution < -0.4 is 5.32 Å². The number of anilines is 2. The second-order valence-corrected chi connectivity index (χ2v) is 8.27. The molecule has 4 rings (SSSR count). The number of benzene rings is 1. The molecule has 1 aliphatic carbocycles. The smallest absolute Gasteiger partial charge is 0.307 e. The average molecular weight is 406 g/mol. The van der Waals surface area contributed by atoms with Crippen molar-refractivity contribution in [3.8, 4) is 10.7 Å². The largest absolute Gasteiger partial charge is 0.481 e. The van der Waals surface area contributed by atoms with Crippen molar-refractivity contribution in [1.29, 1.82) is 0 Å². The summed E-state index contributed by atoms with van der Waals surface area (Å²) in [6, 6.07) is 9.61.